The molecule has 1 aliphatic heterocycles. The average molecular weight is 384 g/mol. The molecule has 1 aromatic rings. The molecule has 1 aromatic carbocycles. The van der Waals surface area contributed by atoms with Gasteiger partial charge in [-0.15, -0.1) is 24.2 Å². The van der Waals surface area contributed by atoms with Gasteiger partial charge < -0.3 is 10.6 Å². The molecule has 0 spiro atoms. The minimum Gasteiger partial charge on any atom is -0.350 e. The summed E-state index contributed by atoms with van der Waals surface area (Å²) in [4.78, 5) is 14.3. The SMILES string of the molecule is CSc1ccccc1C(=O)NCC(N1CCNCC1)C(F)(F)F.Cl. The van der Waals surface area contributed by atoms with Crippen LogP contribution in [0.5, 0.6) is 0 Å². The Morgan fingerprint density at radius 2 is 1.96 bits per heavy atom. The molecule has 24 heavy (non-hydrogen) atoms. The predicted molar refractivity (Wildman–Crippen MR) is 92.1 cm³/mol. The Bertz CT molecular complexity index is 539. The number of carbonyl (C=O) groups excluding carboxylic acids is 1. The van der Waals surface area contributed by atoms with E-state index in [1.807, 2.05) is 6.26 Å². The number of hydrogen-bond donors (Lipinski definition) is 2. The normalized spacial score (nSPS) is 17.0. The van der Waals surface area contributed by atoms with E-state index in [2.05, 4.69) is 10.6 Å². The lowest BCUT2D eigenvalue weighted by molar-refractivity contribution is -0.183. The smallest absolute Gasteiger partial charge is 0.350 e. The van der Waals surface area contributed by atoms with Crippen LogP contribution in [0.2, 0.25) is 0 Å². The number of amides is 1. The van der Waals surface area contributed by atoms with Crippen molar-refractivity contribution in [3.05, 3.63) is 29.8 Å². The second kappa shape index (κ2) is 9.50. The minimum atomic E-state index is -4.37. The van der Waals surface area contributed by atoms with Crippen molar-refractivity contribution in [3.8, 4) is 0 Å². The molecule has 136 valence electrons. The van der Waals surface area contributed by atoms with Gasteiger partial charge in [0.05, 0.1) is 5.56 Å². The van der Waals surface area contributed by atoms with Crippen molar-refractivity contribution in [1.29, 1.82) is 0 Å². The van der Waals surface area contributed by atoms with E-state index in [1.165, 1.54) is 16.7 Å². The van der Waals surface area contributed by atoms with Crippen LogP contribution in [-0.2, 0) is 0 Å². The fourth-order valence-corrected chi connectivity index (χ4v) is 3.16. The molecule has 1 heterocycles. The summed E-state index contributed by atoms with van der Waals surface area (Å²) < 4.78 is 39.9. The highest BCUT2D eigenvalue weighted by Gasteiger charge is 2.43. The monoisotopic (exact) mass is 383 g/mol. The van der Waals surface area contributed by atoms with Gasteiger partial charge in [0, 0.05) is 37.6 Å². The fourth-order valence-electron chi connectivity index (χ4n) is 2.56. The largest absolute Gasteiger partial charge is 0.405 e. The molecule has 0 radical (unpaired) electrons. The molecule has 0 saturated carbocycles. The third-order valence-corrected chi connectivity index (χ3v) is 4.57. The average Bonchev–Trinajstić information content (AvgIpc) is 2.54. The van der Waals surface area contributed by atoms with Gasteiger partial charge in [-0.05, 0) is 18.4 Å². The van der Waals surface area contributed by atoms with Gasteiger partial charge in [-0.25, -0.2) is 0 Å². The number of piperazine rings is 1. The van der Waals surface area contributed by atoms with Crippen LogP contribution in [0.3, 0.4) is 0 Å². The lowest BCUT2D eigenvalue weighted by Crippen LogP contribution is -2.57. The first-order valence-corrected chi connectivity index (χ1v) is 8.58. The fraction of sp³-hybridized carbons (Fsp3) is 0.533. The molecule has 9 heteroatoms. The van der Waals surface area contributed by atoms with Crippen LogP contribution in [0.4, 0.5) is 13.2 Å². The molecule has 0 bridgehead atoms. The molecule has 1 amide bonds. The third-order valence-electron chi connectivity index (χ3n) is 3.78. The van der Waals surface area contributed by atoms with Gasteiger partial charge in [0.15, 0.2) is 0 Å². The second-order valence-electron chi connectivity index (χ2n) is 5.25. The summed E-state index contributed by atoms with van der Waals surface area (Å²) in [6, 6.07) is 5.23. The van der Waals surface area contributed by atoms with E-state index in [-0.39, 0.29) is 12.4 Å². The van der Waals surface area contributed by atoms with E-state index in [0.29, 0.717) is 31.7 Å². The molecule has 1 atom stereocenters. The Labute approximate surface area is 150 Å². The number of thioether (sulfide) groups is 1. The van der Waals surface area contributed by atoms with E-state index >= 15 is 0 Å². The Morgan fingerprint density at radius 1 is 1.33 bits per heavy atom. The summed E-state index contributed by atoms with van der Waals surface area (Å²) >= 11 is 1.39. The number of benzene rings is 1. The quantitative estimate of drug-likeness (QED) is 0.766. The highest BCUT2D eigenvalue weighted by molar-refractivity contribution is 7.98. The Hall–Kier alpha value is -0.960. The van der Waals surface area contributed by atoms with Crippen LogP contribution >= 0.6 is 24.2 Å². The second-order valence-corrected chi connectivity index (χ2v) is 6.10. The van der Waals surface area contributed by atoms with E-state index in [1.54, 1.807) is 24.3 Å². The third kappa shape index (κ3) is 5.54. The lowest BCUT2D eigenvalue weighted by atomic mass is 10.1. The summed E-state index contributed by atoms with van der Waals surface area (Å²) in [5.41, 5.74) is 0.404. The summed E-state index contributed by atoms with van der Waals surface area (Å²) in [6.45, 7) is 1.25. The van der Waals surface area contributed by atoms with Crippen molar-refractivity contribution >= 4 is 30.1 Å². The maximum Gasteiger partial charge on any atom is 0.405 e. The number of halogens is 4. The first kappa shape index (κ1) is 21.1. The molecule has 4 nitrogen and oxygen atoms in total. The molecule has 0 aliphatic carbocycles. The number of rotatable bonds is 5. The van der Waals surface area contributed by atoms with E-state index in [9.17, 15) is 18.0 Å². The highest BCUT2D eigenvalue weighted by atomic mass is 35.5. The van der Waals surface area contributed by atoms with Crippen molar-refractivity contribution in [2.24, 2.45) is 0 Å². The van der Waals surface area contributed by atoms with Crippen LogP contribution in [0.25, 0.3) is 0 Å². The van der Waals surface area contributed by atoms with Gasteiger partial charge in [-0.3, -0.25) is 9.69 Å². The standard InChI is InChI=1S/C15H20F3N3OS.ClH/c1-23-12-5-3-2-4-11(12)14(22)20-10-13(15(16,17)18)21-8-6-19-7-9-21;/h2-5,13,19H,6-10H2,1H3,(H,20,22);1H. The van der Waals surface area contributed by atoms with Crippen molar-refractivity contribution in [1.82, 2.24) is 15.5 Å². The van der Waals surface area contributed by atoms with E-state index in [0.717, 1.165) is 4.90 Å². The minimum absolute atomic E-state index is 0. The molecule has 2 rings (SSSR count). The number of alkyl halides is 3. The van der Waals surface area contributed by atoms with Gasteiger partial charge in [0.2, 0.25) is 0 Å². The molecule has 1 unspecified atom stereocenters. The van der Waals surface area contributed by atoms with Crippen molar-refractivity contribution < 1.29 is 18.0 Å². The van der Waals surface area contributed by atoms with Crippen LogP contribution in [0.15, 0.2) is 29.2 Å². The van der Waals surface area contributed by atoms with Crippen LogP contribution < -0.4 is 10.6 Å². The molecule has 1 saturated heterocycles. The zero-order chi connectivity index (χ0) is 16.9. The van der Waals surface area contributed by atoms with Gasteiger partial charge in [0.1, 0.15) is 6.04 Å². The summed E-state index contributed by atoms with van der Waals surface area (Å²) in [7, 11) is 0. The molecular formula is C15H21ClF3N3OS. The zero-order valence-corrected chi connectivity index (χ0v) is 14.9. The summed E-state index contributed by atoms with van der Waals surface area (Å²) in [5, 5.41) is 5.47. The molecular weight excluding hydrogens is 363 g/mol. The number of nitrogens with zero attached hydrogens (tertiary/aromatic N) is 1. The Kier molecular flexibility index (Phi) is 8.35. The number of carbonyl (C=O) groups is 1. The van der Waals surface area contributed by atoms with Crippen molar-refractivity contribution in [2.45, 2.75) is 17.1 Å². The van der Waals surface area contributed by atoms with Gasteiger partial charge in [0.25, 0.3) is 5.91 Å². The molecule has 1 fully saturated rings. The Morgan fingerprint density at radius 3 is 2.54 bits per heavy atom. The summed E-state index contributed by atoms with van der Waals surface area (Å²) in [5.74, 6) is -0.473. The summed E-state index contributed by atoms with van der Waals surface area (Å²) in [6.07, 6.45) is -2.55. The van der Waals surface area contributed by atoms with E-state index < -0.39 is 24.7 Å². The molecule has 0 aromatic heterocycles. The van der Waals surface area contributed by atoms with Crippen molar-refractivity contribution in [2.75, 3.05) is 39.0 Å². The van der Waals surface area contributed by atoms with Gasteiger partial charge in [-0.2, -0.15) is 13.2 Å². The highest BCUT2D eigenvalue weighted by Crippen LogP contribution is 2.25. The van der Waals surface area contributed by atoms with Crippen LogP contribution in [-0.4, -0.2) is 62.0 Å². The lowest BCUT2D eigenvalue weighted by Gasteiger charge is -2.35. The maximum atomic E-state index is 13.3. The first-order valence-electron chi connectivity index (χ1n) is 7.36. The van der Waals surface area contributed by atoms with Gasteiger partial charge in [-0.1, -0.05) is 12.1 Å². The Balaban J connectivity index is 0.00000288. The van der Waals surface area contributed by atoms with E-state index in [4.69, 9.17) is 0 Å². The zero-order valence-electron chi connectivity index (χ0n) is 13.2. The molecule has 2 N–H and O–H groups in total. The molecule has 1 aliphatic rings. The number of hydrogen-bond acceptors (Lipinski definition) is 4. The predicted octanol–water partition coefficient (Wildman–Crippen LogP) is 2.40. The van der Waals surface area contributed by atoms with Crippen molar-refractivity contribution in [3.63, 3.8) is 0 Å². The maximum absolute atomic E-state index is 13.3. The number of nitrogens with one attached hydrogen (secondary N) is 2. The topological polar surface area (TPSA) is 44.4 Å². The van der Waals surface area contributed by atoms with Gasteiger partial charge >= 0.3 is 6.18 Å². The first-order chi connectivity index (χ1) is 10.9. The van der Waals surface area contributed by atoms with Crippen LogP contribution in [0.1, 0.15) is 10.4 Å². The van der Waals surface area contributed by atoms with Crippen LogP contribution in [0, 0.1) is 0 Å².